The van der Waals surface area contributed by atoms with Crippen LogP contribution in [-0.4, -0.2) is 21.0 Å². The molecule has 0 saturated carbocycles. The first-order valence-corrected chi connectivity index (χ1v) is 8.29. The van der Waals surface area contributed by atoms with E-state index in [1.54, 1.807) is 0 Å². The van der Waals surface area contributed by atoms with E-state index in [9.17, 15) is 13.2 Å². The van der Waals surface area contributed by atoms with E-state index in [0.29, 0.717) is 6.54 Å². The molecule has 0 fully saturated rings. The molecule has 5 nitrogen and oxygen atoms in total. The van der Waals surface area contributed by atoms with E-state index in [0.717, 1.165) is 12.8 Å². The van der Waals surface area contributed by atoms with Crippen LogP contribution in [0.15, 0.2) is 4.36 Å². The number of hydrogen-bond donors (Lipinski definition) is 1. The number of nitrogens with one attached hydrogen (secondary N) is 1. The van der Waals surface area contributed by atoms with Crippen molar-refractivity contribution in [3.8, 4) is 0 Å². The van der Waals surface area contributed by atoms with E-state index in [2.05, 4.69) is 16.6 Å². The maximum absolute atomic E-state index is 10.8. The Morgan fingerprint density at radius 2 is 1.37 bits per heavy atom. The quantitative estimate of drug-likeness (QED) is 0.590. The average molecular weight is 290 g/mol. The minimum absolute atomic E-state index is 0.496. The summed E-state index contributed by atoms with van der Waals surface area (Å²) >= 11 is 0. The molecule has 0 aromatic carbocycles. The zero-order chi connectivity index (χ0) is 14.3. The predicted molar refractivity (Wildman–Crippen MR) is 76.6 cm³/mol. The molecule has 0 heterocycles. The number of rotatable bonds is 11. The van der Waals surface area contributed by atoms with Gasteiger partial charge in [-0.3, -0.25) is 0 Å². The fourth-order valence-corrected chi connectivity index (χ4v) is 2.11. The van der Waals surface area contributed by atoms with Crippen LogP contribution in [0.25, 0.3) is 0 Å². The first-order valence-electron chi connectivity index (χ1n) is 7.25. The highest BCUT2D eigenvalue weighted by Gasteiger charge is 1.97. The number of amides is 2. The van der Waals surface area contributed by atoms with Crippen molar-refractivity contribution in [2.45, 2.75) is 71.1 Å². The molecule has 0 spiro atoms. The van der Waals surface area contributed by atoms with Gasteiger partial charge in [0.1, 0.15) is 0 Å². The van der Waals surface area contributed by atoms with E-state index in [1.165, 1.54) is 51.4 Å². The fraction of sp³-hybridized carbons (Fsp3) is 0.923. The second-order valence-corrected chi connectivity index (χ2v) is 5.34. The van der Waals surface area contributed by atoms with Gasteiger partial charge in [0.05, 0.1) is 0 Å². The largest absolute Gasteiger partial charge is 0.355 e. The Balaban J connectivity index is 3.19. The average Bonchev–Trinajstić information content (AvgIpc) is 2.35. The maximum atomic E-state index is 10.8. The molecule has 0 bridgehead atoms. The predicted octanol–water partition coefficient (Wildman–Crippen LogP) is 3.68. The summed E-state index contributed by atoms with van der Waals surface area (Å²) in [6, 6.07) is -0.774. The molecule has 0 rings (SSSR count). The van der Waals surface area contributed by atoms with Crippen LogP contribution in [0.1, 0.15) is 71.1 Å². The first kappa shape index (κ1) is 18.1. The summed E-state index contributed by atoms with van der Waals surface area (Å²) in [5, 5.41) is 2.44. The Morgan fingerprint density at radius 1 is 0.895 bits per heavy atom. The summed E-state index contributed by atoms with van der Waals surface area (Å²) in [6.07, 6.45) is 12.3. The molecule has 6 heteroatoms. The number of urea groups is 1. The van der Waals surface area contributed by atoms with E-state index < -0.39 is 16.5 Å². The van der Waals surface area contributed by atoms with Gasteiger partial charge in [-0.2, -0.15) is 8.42 Å². The van der Waals surface area contributed by atoms with Gasteiger partial charge in [0.15, 0.2) is 0 Å². The molecular weight excluding hydrogens is 264 g/mol. The SMILES string of the molecule is CCCCCCCCCCCCNC(=O)N=S(=O)=O. The highest BCUT2D eigenvalue weighted by molar-refractivity contribution is 7.62. The molecule has 1 N–H and O–H groups in total. The first-order chi connectivity index (χ1) is 9.16. The number of unbranched alkanes of at least 4 members (excludes halogenated alkanes) is 9. The van der Waals surface area contributed by atoms with Gasteiger partial charge < -0.3 is 5.32 Å². The van der Waals surface area contributed by atoms with Crippen molar-refractivity contribution in [2.24, 2.45) is 4.36 Å². The van der Waals surface area contributed by atoms with Crippen molar-refractivity contribution in [1.29, 1.82) is 0 Å². The zero-order valence-corrected chi connectivity index (χ0v) is 12.7. The third-order valence-electron chi connectivity index (χ3n) is 2.96. The van der Waals surface area contributed by atoms with Gasteiger partial charge in [-0.25, -0.2) is 4.79 Å². The topological polar surface area (TPSA) is 75.6 Å². The molecule has 112 valence electrons. The Labute approximate surface area is 117 Å². The highest BCUT2D eigenvalue weighted by atomic mass is 32.2. The monoisotopic (exact) mass is 290 g/mol. The molecule has 0 aliphatic heterocycles. The van der Waals surface area contributed by atoms with Crippen molar-refractivity contribution in [1.82, 2.24) is 5.32 Å². The van der Waals surface area contributed by atoms with Gasteiger partial charge in [0.2, 0.25) is 0 Å². The summed E-state index contributed by atoms with van der Waals surface area (Å²) in [5.74, 6) is 0. The minimum atomic E-state index is -2.65. The molecule has 0 aliphatic rings. The lowest BCUT2D eigenvalue weighted by Gasteiger charge is -2.02. The minimum Gasteiger partial charge on any atom is -0.335 e. The van der Waals surface area contributed by atoms with Crippen LogP contribution in [0, 0.1) is 0 Å². The lowest BCUT2D eigenvalue weighted by molar-refractivity contribution is 0.249. The molecule has 0 aromatic rings. The van der Waals surface area contributed by atoms with Crippen LogP contribution in [0.3, 0.4) is 0 Å². The molecule has 0 unspecified atom stereocenters. The highest BCUT2D eigenvalue weighted by Crippen LogP contribution is 2.10. The molecule has 19 heavy (non-hydrogen) atoms. The molecule has 0 radical (unpaired) electrons. The van der Waals surface area contributed by atoms with Crippen molar-refractivity contribution < 1.29 is 13.2 Å². The lowest BCUT2D eigenvalue weighted by Crippen LogP contribution is -2.20. The zero-order valence-electron chi connectivity index (χ0n) is 11.9. The van der Waals surface area contributed by atoms with Gasteiger partial charge in [-0.15, -0.1) is 0 Å². The Hall–Kier alpha value is -0.910. The van der Waals surface area contributed by atoms with Crippen LogP contribution >= 0.6 is 0 Å². The van der Waals surface area contributed by atoms with Crippen LogP contribution in [-0.2, 0) is 10.5 Å². The number of carbonyl (C=O) groups is 1. The summed E-state index contributed by atoms with van der Waals surface area (Å²) in [7, 11) is -2.65. The van der Waals surface area contributed by atoms with Crippen LogP contribution < -0.4 is 5.32 Å². The number of carbonyl (C=O) groups excluding carboxylic acids is 1. The molecular formula is C13H26N2O3S. The Bertz CT molecular complexity index is 345. The van der Waals surface area contributed by atoms with Crippen molar-refractivity contribution >= 4 is 16.5 Å². The van der Waals surface area contributed by atoms with E-state index >= 15 is 0 Å². The summed E-state index contributed by atoms with van der Waals surface area (Å²) in [6.45, 7) is 2.72. The summed E-state index contributed by atoms with van der Waals surface area (Å²) < 4.78 is 23.0. The van der Waals surface area contributed by atoms with E-state index in [4.69, 9.17) is 0 Å². The van der Waals surface area contributed by atoms with Gasteiger partial charge in [-0.1, -0.05) is 69.1 Å². The number of nitrogens with zero attached hydrogens (tertiary/aromatic N) is 1. The third kappa shape index (κ3) is 15.0. The van der Waals surface area contributed by atoms with Crippen LogP contribution in [0.5, 0.6) is 0 Å². The molecule has 0 aromatic heterocycles. The second kappa shape index (κ2) is 13.5. The Kier molecular flexibility index (Phi) is 12.9. The van der Waals surface area contributed by atoms with Crippen LogP contribution in [0.2, 0.25) is 0 Å². The third-order valence-corrected chi connectivity index (χ3v) is 3.28. The normalized spacial score (nSPS) is 10.2. The van der Waals surface area contributed by atoms with Gasteiger partial charge in [0.25, 0.3) is 0 Å². The Morgan fingerprint density at radius 3 is 1.84 bits per heavy atom. The van der Waals surface area contributed by atoms with Crippen molar-refractivity contribution in [3.05, 3.63) is 0 Å². The fourth-order valence-electron chi connectivity index (χ4n) is 1.91. The summed E-state index contributed by atoms with van der Waals surface area (Å²) in [5.41, 5.74) is 0. The lowest BCUT2D eigenvalue weighted by atomic mass is 10.1. The maximum Gasteiger partial charge on any atom is 0.355 e. The van der Waals surface area contributed by atoms with E-state index in [-0.39, 0.29) is 0 Å². The van der Waals surface area contributed by atoms with Crippen LogP contribution in [0.4, 0.5) is 4.79 Å². The molecule has 0 aliphatic carbocycles. The molecule has 2 amide bonds. The molecule has 0 saturated heterocycles. The van der Waals surface area contributed by atoms with E-state index in [1.807, 2.05) is 0 Å². The standard InChI is InChI=1S/C13H26N2O3S/c1-2-3-4-5-6-7-8-9-10-11-12-14-13(16)15-19(17)18/h2-12H2,1H3,(H,14,16). The van der Waals surface area contributed by atoms with Gasteiger partial charge in [0, 0.05) is 6.54 Å². The van der Waals surface area contributed by atoms with Crippen molar-refractivity contribution in [3.63, 3.8) is 0 Å². The second-order valence-electron chi connectivity index (χ2n) is 4.72. The van der Waals surface area contributed by atoms with Gasteiger partial charge in [-0.05, 0) is 6.42 Å². The smallest absolute Gasteiger partial charge is 0.335 e. The van der Waals surface area contributed by atoms with Gasteiger partial charge >= 0.3 is 16.5 Å². The number of hydrogen-bond acceptors (Lipinski definition) is 3. The molecule has 0 atom stereocenters. The summed E-state index contributed by atoms with van der Waals surface area (Å²) in [4.78, 5) is 10.8. The van der Waals surface area contributed by atoms with Crippen molar-refractivity contribution in [2.75, 3.05) is 6.54 Å².